The molecule has 0 N–H and O–H groups in total. The molecule has 0 aliphatic heterocycles. The summed E-state index contributed by atoms with van der Waals surface area (Å²) in [4.78, 5) is 0. The minimum absolute atomic E-state index is 0. The molecule has 40 heavy (non-hydrogen) atoms. The van der Waals surface area contributed by atoms with Crippen molar-refractivity contribution in [3.8, 4) is 22.6 Å². The zero-order chi connectivity index (χ0) is 26.6. The van der Waals surface area contributed by atoms with Crippen LogP contribution in [0.3, 0.4) is 0 Å². The summed E-state index contributed by atoms with van der Waals surface area (Å²) in [5.74, 6) is 3.00. The number of allylic oxidation sites excluding steroid dienone is 2. The van der Waals surface area contributed by atoms with Crippen LogP contribution in [0.2, 0.25) is 13.1 Å². The summed E-state index contributed by atoms with van der Waals surface area (Å²) in [5, 5.41) is 0. The van der Waals surface area contributed by atoms with Crippen molar-refractivity contribution < 1.29 is 54.0 Å². The van der Waals surface area contributed by atoms with Gasteiger partial charge in [-0.3, -0.25) is 0 Å². The molecule has 2 nitrogen and oxygen atoms in total. The monoisotopic (exact) mass is 664 g/mol. The number of fused-ring (bicyclic) bond motifs is 2. The Labute approximate surface area is 259 Å². The molecular formula is C34H36Cl2O2SiZr. The summed E-state index contributed by atoms with van der Waals surface area (Å²) in [6.45, 7) is 14.8. The standard InChI is InChI=1S/2C16H15O.C2H6Si.2ClH.Zr/c2*1-11(2)13-9-12-5-3-6-14(15(12)10-13)16-7-4-8-17-16;1-3-2;;;/h2*3-11H,1-2H3;1-2H3;2*1H;/q;;;;;+2/p-2. The summed E-state index contributed by atoms with van der Waals surface area (Å²) in [7, 11) is 0. The van der Waals surface area contributed by atoms with Crippen molar-refractivity contribution in [2.24, 2.45) is 11.8 Å². The van der Waals surface area contributed by atoms with Crippen molar-refractivity contribution in [1.29, 1.82) is 0 Å². The Hall–Kier alpha value is -1.84. The SMILES string of the molecule is CC(C)C1=Cc2c(-c3ccco3)cccc2[CH]1[Zr+2]([CH]1C(C(C)C)=Cc2c(-c3ccco3)cccc21)=[Si](C)C.[Cl-].[Cl-]. The summed E-state index contributed by atoms with van der Waals surface area (Å²) in [5.41, 5.74) is 11.2. The molecule has 0 saturated heterocycles. The number of hydrogen-bond acceptors (Lipinski definition) is 2. The predicted molar refractivity (Wildman–Crippen MR) is 157 cm³/mol. The molecule has 0 saturated carbocycles. The van der Waals surface area contributed by atoms with E-state index in [2.05, 4.69) is 101 Å². The molecule has 0 fully saturated rings. The van der Waals surface area contributed by atoms with Gasteiger partial charge in [0.05, 0.1) is 0 Å². The molecule has 0 amide bonds. The molecule has 2 aliphatic rings. The third-order valence-electron chi connectivity index (χ3n) is 8.30. The molecule has 2 aromatic heterocycles. The van der Waals surface area contributed by atoms with E-state index in [1.165, 1.54) is 22.3 Å². The van der Waals surface area contributed by atoms with Gasteiger partial charge in [0.25, 0.3) is 0 Å². The summed E-state index contributed by atoms with van der Waals surface area (Å²) in [6, 6.07) is 22.1. The van der Waals surface area contributed by atoms with Gasteiger partial charge in [-0.2, -0.15) is 0 Å². The van der Waals surface area contributed by atoms with Crippen molar-refractivity contribution in [3.63, 3.8) is 0 Å². The van der Waals surface area contributed by atoms with Gasteiger partial charge in [0.1, 0.15) is 0 Å². The van der Waals surface area contributed by atoms with Crippen LogP contribution in [-0.4, -0.2) is 5.43 Å². The number of furan rings is 2. The Kier molecular flexibility index (Phi) is 9.78. The molecule has 0 spiro atoms. The fraction of sp³-hybridized carbons (Fsp3) is 0.294. The van der Waals surface area contributed by atoms with Gasteiger partial charge in [0, 0.05) is 0 Å². The van der Waals surface area contributed by atoms with Crippen LogP contribution in [0.15, 0.2) is 93.2 Å². The van der Waals surface area contributed by atoms with E-state index in [-0.39, 0.29) is 24.8 Å². The van der Waals surface area contributed by atoms with Gasteiger partial charge in [-0.05, 0) is 0 Å². The maximum absolute atomic E-state index is 5.90. The second-order valence-corrected chi connectivity index (χ2v) is 29.4. The van der Waals surface area contributed by atoms with Crippen LogP contribution in [0, 0.1) is 11.8 Å². The van der Waals surface area contributed by atoms with E-state index in [9.17, 15) is 0 Å². The fourth-order valence-electron chi connectivity index (χ4n) is 6.58. The number of hydrogen-bond donors (Lipinski definition) is 0. The van der Waals surface area contributed by atoms with Crippen LogP contribution in [0.5, 0.6) is 0 Å². The molecule has 2 heterocycles. The van der Waals surface area contributed by atoms with Gasteiger partial charge in [0.15, 0.2) is 0 Å². The predicted octanol–water partition coefficient (Wildman–Crippen LogP) is 3.97. The number of rotatable bonds is 6. The molecule has 0 radical (unpaired) electrons. The molecule has 4 aromatic rings. The van der Waals surface area contributed by atoms with E-state index in [0.29, 0.717) is 19.1 Å². The van der Waals surface area contributed by atoms with Crippen LogP contribution in [-0.2, 0) is 20.4 Å². The Morgan fingerprint density at radius 2 is 1.05 bits per heavy atom. The van der Waals surface area contributed by atoms with Crippen molar-refractivity contribution in [1.82, 2.24) is 0 Å². The molecule has 0 bridgehead atoms. The molecule has 6 rings (SSSR count). The van der Waals surface area contributed by atoms with E-state index in [0.717, 1.165) is 11.5 Å². The summed E-state index contributed by atoms with van der Waals surface area (Å²) in [6.07, 6.45) is 8.67. The molecular weight excluding hydrogens is 631 g/mol. The normalized spacial score (nSPS) is 16.9. The van der Waals surface area contributed by atoms with Crippen LogP contribution >= 0.6 is 0 Å². The van der Waals surface area contributed by atoms with Crippen LogP contribution in [0.1, 0.15) is 57.2 Å². The van der Waals surface area contributed by atoms with Crippen LogP contribution < -0.4 is 24.8 Å². The second-order valence-electron chi connectivity index (χ2n) is 11.5. The third-order valence-corrected chi connectivity index (χ3v) is 27.6. The molecule has 206 valence electrons. The van der Waals surface area contributed by atoms with Crippen LogP contribution in [0.4, 0.5) is 0 Å². The Balaban J connectivity index is 0.00000185. The number of benzene rings is 2. The van der Waals surface area contributed by atoms with Gasteiger partial charge in [0.2, 0.25) is 0 Å². The first-order valence-electron chi connectivity index (χ1n) is 13.8. The smallest absolute Gasteiger partial charge is 1.00 e. The quantitative estimate of drug-likeness (QED) is 0.292. The van der Waals surface area contributed by atoms with Crippen molar-refractivity contribution in [2.75, 3.05) is 0 Å². The van der Waals surface area contributed by atoms with E-state index in [4.69, 9.17) is 8.83 Å². The minimum atomic E-state index is -2.22. The second kappa shape index (κ2) is 12.6. The number of halogens is 2. The first-order chi connectivity index (χ1) is 18.4. The van der Waals surface area contributed by atoms with Gasteiger partial charge in [-0.25, -0.2) is 0 Å². The van der Waals surface area contributed by atoms with Crippen molar-refractivity contribution >= 4 is 17.6 Å². The minimum Gasteiger partial charge on any atom is -1.00 e. The summed E-state index contributed by atoms with van der Waals surface area (Å²) < 4.78 is 13.0. The van der Waals surface area contributed by atoms with E-state index in [1.54, 1.807) is 34.8 Å². The zero-order valence-electron chi connectivity index (χ0n) is 24.0. The largest absolute Gasteiger partial charge is 1.00 e. The first-order valence-corrected chi connectivity index (χ1v) is 22.8. The zero-order valence-corrected chi connectivity index (χ0v) is 28.9. The van der Waals surface area contributed by atoms with Crippen molar-refractivity contribution in [3.05, 3.63) is 107 Å². The molecule has 2 unspecified atom stereocenters. The van der Waals surface area contributed by atoms with E-state index in [1.807, 2.05) is 12.1 Å². The maximum atomic E-state index is 5.90. The molecule has 2 aliphatic carbocycles. The first kappa shape index (κ1) is 31.1. The van der Waals surface area contributed by atoms with Gasteiger partial charge >= 0.3 is 236 Å². The van der Waals surface area contributed by atoms with Crippen molar-refractivity contribution in [2.45, 2.75) is 48.0 Å². The Morgan fingerprint density at radius 3 is 1.38 bits per heavy atom. The van der Waals surface area contributed by atoms with E-state index < -0.39 is 25.8 Å². The maximum Gasteiger partial charge on any atom is -1.00 e. The molecule has 2 aromatic carbocycles. The average Bonchev–Trinajstić information content (AvgIpc) is 3.70. The van der Waals surface area contributed by atoms with Gasteiger partial charge in [-0.15, -0.1) is 0 Å². The van der Waals surface area contributed by atoms with Gasteiger partial charge in [-0.1, -0.05) is 0 Å². The summed E-state index contributed by atoms with van der Waals surface area (Å²) >= 11 is -2.22. The molecule has 6 heteroatoms. The Bertz CT molecular complexity index is 1480. The molecule has 2 atom stereocenters. The van der Waals surface area contributed by atoms with Gasteiger partial charge < -0.3 is 24.8 Å². The third kappa shape index (κ3) is 5.26. The fourth-order valence-corrected chi connectivity index (χ4v) is 27.6. The average molecular weight is 667 g/mol. The Morgan fingerprint density at radius 1 is 0.625 bits per heavy atom. The topological polar surface area (TPSA) is 26.3 Å². The van der Waals surface area contributed by atoms with Crippen LogP contribution in [0.25, 0.3) is 34.8 Å². The van der Waals surface area contributed by atoms with E-state index >= 15 is 0 Å².